The predicted octanol–water partition coefficient (Wildman–Crippen LogP) is 4.02. The van der Waals surface area contributed by atoms with Crippen LogP contribution < -0.4 is 19.5 Å². The maximum Gasteiger partial charge on any atom is 0.250 e. The Hall–Kier alpha value is -3.46. The average Bonchev–Trinajstić information content (AvgIpc) is 3.20. The summed E-state index contributed by atoms with van der Waals surface area (Å²) >= 11 is 1.19. The Morgan fingerprint density at radius 2 is 1.69 bits per heavy atom. The van der Waals surface area contributed by atoms with Crippen molar-refractivity contribution in [3.63, 3.8) is 0 Å². The standard InChI is InChI=1S/C20H18FN3O4S/c1-26-15-10-12(11-16(27-2)18(15)28-3)4-9-17(25)22-20-24-23-19(29-20)13-5-7-14(21)8-6-13/h4-11H,1-3H3,(H,22,24,25). The van der Waals surface area contributed by atoms with Gasteiger partial charge in [0.2, 0.25) is 16.8 Å². The second-order valence-corrected chi connectivity index (χ2v) is 6.68. The molecular weight excluding hydrogens is 397 g/mol. The smallest absolute Gasteiger partial charge is 0.250 e. The van der Waals surface area contributed by atoms with Gasteiger partial charge in [-0.05, 0) is 48.0 Å². The van der Waals surface area contributed by atoms with Gasteiger partial charge in [0, 0.05) is 11.6 Å². The van der Waals surface area contributed by atoms with Gasteiger partial charge in [0.1, 0.15) is 10.8 Å². The highest BCUT2D eigenvalue weighted by molar-refractivity contribution is 7.18. The third-order valence-electron chi connectivity index (χ3n) is 3.86. The number of rotatable bonds is 7. The molecule has 150 valence electrons. The van der Waals surface area contributed by atoms with E-state index in [0.29, 0.717) is 33.0 Å². The molecule has 1 aromatic heterocycles. The van der Waals surface area contributed by atoms with Crippen molar-refractivity contribution in [3.05, 3.63) is 53.9 Å². The first-order chi connectivity index (χ1) is 14.0. The lowest BCUT2D eigenvalue weighted by Crippen LogP contribution is -2.07. The Bertz CT molecular complexity index is 1010. The molecule has 29 heavy (non-hydrogen) atoms. The van der Waals surface area contributed by atoms with E-state index in [2.05, 4.69) is 15.5 Å². The topological polar surface area (TPSA) is 82.6 Å². The lowest BCUT2D eigenvalue weighted by Gasteiger charge is -2.12. The highest BCUT2D eigenvalue weighted by atomic mass is 32.1. The number of hydrogen-bond acceptors (Lipinski definition) is 7. The molecule has 0 aliphatic rings. The summed E-state index contributed by atoms with van der Waals surface area (Å²) in [5.41, 5.74) is 1.41. The van der Waals surface area contributed by atoms with E-state index in [4.69, 9.17) is 14.2 Å². The van der Waals surface area contributed by atoms with Gasteiger partial charge >= 0.3 is 0 Å². The van der Waals surface area contributed by atoms with Gasteiger partial charge in [-0.2, -0.15) is 0 Å². The predicted molar refractivity (Wildman–Crippen MR) is 109 cm³/mol. The molecule has 0 saturated carbocycles. The van der Waals surface area contributed by atoms with Crippen LogP contribution in [0.1, 0.15) is 5.56 Å². The number of nitrogens with one attached hydrogen (secondary N) is 1. The van der Waals surface area contributed by atoms with E-state index in [1.54, 1.807) is 30.3 Å². The molecule has 7 nitrogen and oxygen atoms in total. The van der Waals surface area contributed by atoms with Gasteiger partial charge in [0.25, 0.3) is 0 Å². The fraction of sp³-hybridized carbons (Fsp3) is 0.150. The summed E-state index contributed by atoms with van der Waals surface area (Å²) in [6, 6.07) is 9.34. The molecule has 1 heterocycles. The van der Waals surface area contributed by atoms with E-state index in [1.807, 2.05) is 0 Å². The molecule has 0 atom stereocenters. The van der Waals surface area contributed by atoms with Crippen LogP contribution in [0.25, 0.3) is 16.6 Å². The number of methoxy groups -OCH3 is 3. The van der Waals surface area contributed by atoms with Crippen molar-refractivity contribution in [1.29, 1.82) is 0 Å². The zero-order chi connectivity index (χ0) is 20.8. The summed E-state index contributed by atoms with van der Waals surface area (Å²) in [6.45, 7) is 0. The molecule has 0 bridgehead atoms. The number of carbonyl (C=O) groups excluding carboxylic acids is 1. The summed E-state index contributed by atoms with van der Waals surface area (Å²) in [6.07, 6.45) is 2.97. The van der Waals surface area contributed by atoms with Crippen molar-refractivity contribution in [2.45, 2.75) is 0 Å². The van der Waals surface area contributed by atoms with E-state index in [1.165, 1.54) is 50.9 Å². The summed E-state index contributed by atoms with van der Waals surface area (Å²) in [7, 11) is 4.56. The third-order valence-corrected chi connectivity index (χ3v) is 4.75. The molecule has 2 aromatic carbocycles. The van der Waals surface area contributed by atoms with Crippen molar-refractivity contribution in [2.75, 3.05) is 26.6 Å². The molecule has 0 unspecified atom stereocenters. The van der Waals surface area contributed by atoms with Gasteiger partial charge < -0.3 is 14.2 Å². The van der Waals surface area contributed by atoms with Crippen LogP contribution in [-0.2, 0) is 4.79 Å². The SMILES string of the molecule is COc1cc(C=CC(=O)Nc2nnc(-c3ccc(F)cc3)s2)cc(OC)c1OC. The van der Waals surface area contributed by atoms with Crippen LogP contribution in [0, 0.1) is 5.82 Å². The Balaban J connectivity index is 1.71. The van der Waals surface area contributed by atoms with Crippen molar-refractivity contribution in [2.24, 2.45) is 0 Å². The minimum absolute atomic E-state index is 0.330. The van der Waals surface area contributed by atoms with Gasteiger partial charge in [-0.25, -0.2) is 4.39 Å². The lowest BCUT2D eigenvalue weighted by molar-refractivity contribution is -0.111. The van der Waals surface area contributed by atoms with Crippen LogP contribution in [0.15, 0.2) is 42.5 Å². The molecule has 1 N–H and O–H groups in total. The van der Waals surface area contributed by atoms with Crippen LogP contribution in [0.5, 0.6) is 17.2 Å². The van der Waals surface area contributed by atoms with E-state index in [0.717, 1.165) is 5.56 Å². The Labute approximate surface area is 170 Å². The summed E-state index contributed by atoms with van der Waals surface area (Å²) < 4.78 is 28.9. The number of benzene rings is 2. The minimum Gasteiger partial charge on any atom is -0.493 e. The summed E-state index contributed by atoms with van der Waals surface area (Å²) in [5.74, 6) is 0.739. The van der Waals surface area contributed by atoms with Gasteiger partial charge in [-0.15, -0.1) is 10.2 Å². The molecule has 1 amide bonds. The normalized spacial score (nSPS) is 10.8. The van der Waals surface area contributed by atoms with Gasteiger partial charge in [0.15, 0.2) is 11.5 Å². The van der Waals surface area contributed by atoms with E-state index in [9.17, 15) is 9.18 Å². The van der Waals surface area contributed by atoms with Gasteiger partial charge in [0.05, 0.1) is 21.3 Å². The zero-order valence-electron chi connectivity index (χ0n) is 15.9. The van der Waals surface area contributed by atoms with Crippen molar-refractivity contribution >= 4 is 28.5 Å². The Morgan fingerprint density at radius 1 is 1.03 bits per heavy atom. The minimum atomic E-state index is -0.374. The zero-order valence-corrected chi connectivity index (χ0v) is 16.7. The van der Waals surface area contributed by atoms with Crippen LogP contribution in [-0.4, -0.2) is 37.4 Å². The quantitative estimate of drug-likeness (QED) is 0.587. The van der Waals surface area contributed by atoms with Gasteiger partial charge in [-0.3, -0.25) is 10.1 Å². The molecule has 0 aliphatic carbocycles. The Morgan fingerprint density at radius 3 is 2.28 bits per heavy atom. The van der Waals surface area contributed by atoms with Crippen LogP contribution in [0.2, 0.25) is 0 Å². The van der Waals surface area contributed by atoms with Crippen molar-refractivity contribution in [1.82, 2.24) is 10.2 Å². The van der Waals surface area contributed by atoms with Gasteiger partial charge in [-0.1, -0.05) is 11.3 Å². The first-order valence-electron chi connectivity index (χ1n) is 8.42. The summed E-state index contributed by atoms with van der Waals surface area (Å²) in [5, 5.41) is 11.5. The lowest BCUT2D eigenvalue weighted by atomic mass is 10.1. The molecular formula is C20H18FN3O4S. The first-order valence-corrected chi connectivity index (χ1v) is 9.24. The van der Waals surface area contributed by atoms with E-state index >= 15 is 0 Å². The molecule has 3 rings (SSSR count). The molecule has 0 radical (unpaired) electrons. The molecule has 0 fully saturated rings. The molecule has 0 saturated heterocycles. The fourth-order valence-electron chi connectivity index (χ4n) is 2.50. The molecule has 3 aromatic rings. The average molecular weight is 415 g/mol. The molecule has 9 heteroatoms. The summed E-state index contributed by atoms with van der Waals surface area (Å²) in [4.78, 5) is 12.2. The van der Waals surface area contributed by atoms with E-state index in [-0.39, 0.29) is 11.7 Å². The number of halogens is 1. The number of anilines is 1. The van der Waals surface area contributed by atoms with Crippen LogP contribution in [0.3, 0.4) is 0 Å². The van der Waals surface area contributed by atoms with Crippen molar-refractivity contribution < 1.29 is 23.4 Å². The van der Waals surface area contributed by atoms with Crippen LogP contribution >= 0.6 is 11.3 Å². The van der Waals surface area contributed by atoms with E-state index < -0.39 is 0 Å². The van der Waals surface area contributed by atoms with Crippen molar-refractivity contribution in [3.8, 4) is 27.8 Å². The van der Waals surface area contributed by atoms with Crippen LogP contribution in [0.4, 0.5) is 9.52 Å². The molecule has 0 aliphatic heterocycles. The maximum absolute atomic E-state index is 13.0. The molecule has 0 spiro atoms. The third kappa shape index (κ3) is 4.88. The second-order valence-electron chi connectivity index (χ2n) is 5.70. The fourth-order valence-corrected chi connectivity index (χ4v) is 3.25. The largest absolute Gasteiger partial charge is 0.493 e. The number of nitrogens with zero attached hydrogens (tertiary/aromatic N) is 2. The number of amides is 1. The number of aromatic nitrogens is 2. The number of carbonyl (C=O) groups is 1. The monoisotopic (exact) mass is 415 g/mol. The maximum atomic E-state index is 13.0. The first kappa shape index (κ1) is 20.3. The Kier molecular flexibility index (Phi) is 6.40. The highest BCUT2D eigenvalue weighted by Crippen LogP contribution is 2.38. The number of ether oxygens (including phenoxy) is 3. The highest BCUT2D eigenvalue weighted by Gasteiger charge is 2.12. The second kappa shape index (κ2) is 9.16. The number of hydrogen-bond donors (Lipinski definition) is 1.